The Morgan fingerprint density at radius 3 is 2.14 bits per heavy atom. The number of amides is 2. The van der Waals surface area contributed by atoms with Crippen LogP contribution >= 0.6 is 23.2 Å². The summed E-state index contributed by atoms with van der Waals surface area (Å²) in [5.74, 6) is -0.278. The van der Waals surface area contributed by atoms with Crippen LogP contribution in [-0.4, -0.2) is 58.0 Å². The third-order valence-corrected chi connectivity index (χ3v) is 9.66. The smallest absolute Gasteiger partial charge is 0.264 e. The predicted octanol–water partition coefficient (Wildman–Crippen LogP) is 6.24. The molecule has 3 rings (SSSR count). The zero-order chi connectivity index (χ0) is 32.6. The van der Waals surface area contributed by atoms with E-state index in [0.29, 0.717) is 27.8 Å². The molecule has 0 aliphatic carbocycles. The molecule has 2 atom stereocenters. The number of rotatable bonds is 14. The molecule has 0 saturated carbocycles. The third-order valence-electron chi connectivity index (χ3n) is 7.29. The fourth-order valence-electron chi connectivity index (χ4n) is 4.54. The molecule has 0 saturated heterocycles. The molecule has 3 aromatic carbocycles. The molecular weight excluding hydrogens is 625 g/mol. The minimum atomic E-state index is -4.26. The van der Waals surface area contributed by atoms with Gasteiger partial charge in [0.1, 0.15) is 12.6 Å². The van der Waals surface area contributed by atoms with Crippen LogP contribution in [0.2, 0.25) is 10.0 Å². The van der Waals surface area contributed by atoms with E-state index >= 15 is 0 Å². The molecule has 9 nitrogen and oxygen atoms in total. The monoisotopic (exact) mass is 663 g/mol. The molecule has 0 aromatic heterocycles. The fraction of sp³-hybridized carbons (Fsp3) is 0.375. The van der Waals surface area contributed by atoms with Gasteiger partial charge in [-0.1, -0.05) is 60.8 Å². The lowest BCUT2D eigenvalue weighted by molar-refractivity contribution is -0.140. The summed E-state index contributed by atoms with van der Waals surface area (Å²) in [6.45, 7) is 6.80. The zero-order valence-corrected chi connectivity index (χ0v) is 28.1. The molecule has 0 fully saturated rings. The Balaban J connectivity index is 2.14. The molecule has 3 aromatic rings. The molecular formula is C32H39Cl2N3O6S. The highest BCUT2D eigenvalue weighted by Crippen LogP contribution is 2.34. The first-order valence-corrected chi connectivity index (χ1v) is 16.4. The van der Waals surface area contributed by atoms with Crippen LogP contribution in [0.25, 0.3) is 0 Å². The normalized spacial score (nSPS) is 12.6. The van der Waals surface area contributed by atoms with Crippen LogP contribution in [0, 0.1) is 6.92 Å². The van der Waals surface area contributed by atoms with Crippen molar-refractivity contribution >= 4 is 50.7 Å². The number of anilines is 1. The molecule has 0 radical (unpaired) electrons. The van der Waals surface area contributed by atoms with Gasteiger partial charge in [0.15, 0.2) is 11.5 Å². The Morgan fingerprint density at radius 1 is 0.909 bits per heavy atom. The summed E-state index contributed by atoms with van der Waals surface area (Å²) in [6.07, 6.45) is 0.974. The summed E-state index contributed by atoms with van der Waals surface area (Å²) in [4.78, 5) is 29.1. The van der Waals surface area contributed by atoms with Gasteiger partial charge in [0.25, 0.3) is 10.0 Å². The Labute approximate surface area is 270 Å². The highest BCUT2D eigenvalue weighted by molar-refractivity contribution is 7.92. The SMILES string of the molecule is CC[C@H](C)NC(=O)[C@H](CC)N(Cc1ccc(Cl)cc1Cl)C(=O)CN(c1ccc(OC)c(OC)c1)S(=O)(=O)c1ccc(C)cc1. The molecule has 0 unspecified atom stereocenters. The van der Waals surface area contributed by atoms with Gasteiger partial charge in [-0.15, -0.1) is 0 Å². The number of nitrogens with zero attached hydrogens (tertiary/aromatic N) is 2. The Bertz CT molecular complexity index is 1570. The van der Waals surface area contributed by atoms with Crippen molar-refractivity contribution in [2.45, 2.75) is 64.1 Å². The summed E-state index contributed by atoms with van der Waals surface area (Å²) in [7, 11) is -1.36. The van der Waals surface area contributed by atoms with Crippen molar-refractivity contribution in [2.24, 2.45) is 0 Å². The number of aryl methyl sites for hydroxylation is 1. The van der Waals surface area contributed by atoms with Crippen molar-refractivity contribution in [3.8, 4) is 11.5 Å². The van der Waals surface area contributed by atoms with Crippen molar-refractivity contribution in [1.82, 2.24) is 10.2 Å². The first-order chi connectivity index (χ1) is 20.9. The van der Waals surface area contributed by atoms with E-state index in [0.717, 1.165) is 9.87 Å². The van der Waals surface area contributed by atoms with E-state index < -0.39 is 28.5 Å². The van der Waals surface area contributed by atoms with Crippen molar-refractivity contribution in [3.05, 3.63) is 81.8 Å². The van der Waals surface area contributed by atoms with E-state index in [1.54, 1.807) is 43.3 Å². The van der Waals surface area contributed by atoms with Gasteiger partial charge in [-0.3, -0.25) is 13.9 Å². The number of ether oxygens (including phenoxy) is 2. The van der Waals surface area contributed by atoms with E-state index in [-0.39, 0.29) is 41.2 Å². The minimum absolute atomic E-state index is 0.000430. The lowest BCUT2D eigenvalue weighted by Gasteiger charge is -2.34. The van der Waals surface area contributed by atoms with E-state index in [4.69, 9.17) is 32.7 Å². The van der Waals surface area contributed by atoms with Crippen molar-refractivity contribution < 1.29 is 27.5 Å². The summed E-state index contributed by atoms with van der Waals surface area (Å²) in [6, 6.07) is 14.8. The average molecular weight is 665 g/mol. The molecule has 1 N–H and O–H groups in total. The lowest BCUT2D eigenvalue weighted by atomic mass is 10.1. The highest BCUT2D eigenvalue weighted by atomic mass is 35.5. The van der Waals surface area contributed by atoms with Crippen LogP contribution in [0.15, 0.2) is 65.6 Å². The average Bonchev–Trinajstić information content (AvgIpc) is 3.00. The molecule has 44 heavy (non-hydrogen) atoms. The summed E-state index contributed by atoms with van der Waals surface area (Å²) in [5.41, 5.74) is 1.61. The van der Waals surface area contributed by atoms with Crippen LogP contribution in [0.5, 0.6) is 11.5 Å². The molecule has 0 bridgehead atoms. The maximum absolute atomic E-state index is 14.3. The quantitative estimate of drug-likeness (QED) is 0.219. The predicted molar refractivity (Wildman–Crippen MR) is 174 cm³/mol. The minimum Gasteiger partial charge on any atom is -0.493 e. The fourth-order valence-corrected chi connectivity index (χ4v) is 6.41. The highest BCUT2D eigenvalue weighted by Gasteiger charge is 2.34. The number of nitrogens with one attached hydrogen (secondary N) is 1. The van der Waals surface area contributed by atoms with Gasteiger partial charge in [0, 0.05) is 28.7 Å². The van der Waals surface area contributed by atoms with Crippen molar-refractivity contribution in [3.63, 3.8) is 0 Å². The van der Waals surface area contributed by atoms with Crippen molar-refractivity contribution in [1.29, 1.82) is 0 Å². The second-order valence-corrected chi connectivity index (χ2v) is 13.1. The molecule has 12 heteroatoms. The van der Waals surface area contributed by atoms with Crippen molar-refractivity contribution in [2.75, 3.05) is 25.1 Å². The molecule has 238 valence electrons. The number of halogens is 2. The molecule has 2 amide bonds. The topological polar surface area (TPSA) is 105 Å². The second kappa shape index (κ2) is 15.5. The maximum atomic E-state index is 14.3. The number of carbonyl (C=O) groups is 2. The number of sulfonamides is 1. The van der Waals surface area contributed by atoms with Gasteiger partial charge in [-0.2, -0.15) is 0 Å². The summed E-state index contributed by atoms with van der Waals surface area (Å²) < 4.78 is 40.0. The van der Waals surface area contributed by atoms with Crippen LogP contribution in [0.4, 0.5) is 5.69 Å². The van der Waals surface area contributed by atoms with Crippen LogP contribution in [0.3, 0.4) is 0 Å². The van der Waals surface area contributed by atoms with E-state index in [1.165, 1.54) is 43.4 Å². The number of carbonyl (C=O) groups excluding carboxylic acids is 2. The summed E-state index contributed by atoms with van der Waals surface area (Å²) in [5, 5.41) is 3.69. The van der Waals surface area contributed by atoms with Gasteiger partial charge in [-0.05, 0) is 68.7 Å². The van der Waals surface area contributed by atoms with Gasteiger partial charge in [-0.25, -0.2) is 8.42 Å². The van der Waals surface area contributed by atoms with E-state index in [9.17, 15) is 18.0 Å². The molecule has 0 aliphatic rings. The maximum Gasteiger partial charge on any atom is 0.264 e. The van der Waals surface area contributed by atoms with Gasteiger partial charge >= 0.3 is 0 Å². The van der Waals surface area contributed by atoms with Gasteiger partial charge in [0.05, 0.1) is 24.8 Å². The third kappa shape index (κ3) is 8.37. The molecule has 0 aliphatic heterocycles. The van der Waals surface area contributed by atoms with Crippen LogP contribution < -0.4 is 19.1 Å². The number of hydrogen-bond acceptors (Lipinski definition) is 6. The lowest BCUT2D eigenvalue weighted by Crippen LogP contribution is -2.53. The first kappa shape index (κ1) is 35.0. The molecule has 0 spiro atoms. The summed E-state index contributed by atoms with van der Waals surface area (Å²) >= 11 is 12.6. The number of methoxy groups -OCH3 is 2. The largest absolute Gasteiger partial charge is 0.493 e. The number of hydrogen-bond donors (Lipinski definition) is 1. The van der Waals surface area contributed by atoms with Crippen LogP contribution in [0.1, 0.15) is 44.7 Å². The standard InChI is InChI=1S/C32H39Cl2N3O6S/c1-7-22(4)35-32(39)28(8-2)36(19-23-11-12-24(33)17-27(23)34)31(38)20-37(25-13-16-29(42-5)30(18-25)43-6)44(40,41)26-14-9-21(3)10-15-26/h9-18,22,28H,7-8,19-20H2,1-6H3,(H,35,39)/t22-,28-/m0/s1. The Morgan fingerprint density at radius 2 is 1.57 bits per heavy atom. The Kier molecular flexibility index (Phi) is 12.3. The van der Waals surface area contributed by atoms with Gasteiger partial charge in [0.2, 0.25) is 11.8 Å². The zero-order valence-electron chi connectivity index (χ0n) is 25.8. The second-order valence-electron chi connectivity index (χ2n) is 10.4. The number of benzene rings is 3. The first-order valence-electron chi connectivity index (χ1n) is 14.2. The van der Waals surface area contributed by atoms with E-state index in [1.807, 2.05) is 20.8 Å². The van der Waals surface area contributed by atoms with E-state index in [2.05, 4.69) is 5.32 Å². The van der Waals surface area contributed by atoms with Crippen LogP contribution in [-0.2, 0) is 26.2 Å². The van der Waals surface area contributed by atoms with Gasteiger partial charge < -0.3 is 19.7 Å². The Hall–Kier alpha value is -3.47. The molecule has 0 heterocycles.